The molecule has 0 aliphatic carbocycles. The SMILES string of the molecule is C=CC(CCCCCCCCC)CCC(OC)OC. The van der Waals surface area contributed by atoms with E-state index in [1.54, 1.807) is 14.2 Å². The van der Waals surface area contributed by atoms with Crippen LogP contribution in [0.4, 0.5) is 0 Å². The summed E-state index contributed by atoms with van der Waals surface area (Å²) in [5, 5.41) is 0. The second-order valence-electron chi connectivity index (χ2n) is 5.38. The van der Waals surface area contributed by atoms with Gasteiger partial charge in [0.15, 0.2) is 6.29 Å². The maximum absolute atomic E-state index is 5.22. The predicted molar refractivity (Wildman–Crippen MR) is 83.3 cm³/mol. The van der Waals surface area contributed by atoms with Crippen LogP contribution in [0.15, 0.2) is 12.7 Å². The highest BCUT2D eigenvalue weighted by Gasteiger charge is 2.09. The molecule has 0 amide bonds. The average Bonchev–Trinajstić information content (AvgIpc) is 2.45. The van der Waals surface area contributed by atoms with Crippen LogP contribution in [0.3, 0.4) is 0 Å². The van der Waals surface area contributed by atoms with Crippen LogP contribution in [0.25, 0.3) is 0 Å². The van der Waals surface area contributed by atoms with Crippen molar-refractivity contribution in [1.82, 2.24) is 0 Å². The number of hydrogen-bond donors (Lipinski definition) is 0. The first kappa shape index (κ1) is 18.7. The van der Waals surface area contributed by atoms with Gasteiger partial charge in [0.2, 0.25) is 0 Å². The molecule has 2 heteroatoms. The molecule has 0 bridgehead atoms. The lowest BCUT2D eigenvalue weighted by molar-refractivity contribution is -0.108. The minimum Gasteiger partial charge on any atom is -0.356 e. The van der Waals surface area contributed by atoms with E-state index in [1.165, 1.54) is 51.4 Å². The molecule has 1 atom stereocenters. The van der Waals surface area contributed by atoms with E-state index < -0.39 is 0 Å². The Morgan fingerprint density at radius 2 is 1.42 bits per heavy atom. The number of methoxy groups -OCH3 is 2. The van der Waals surface area contributed by atoms with Gasteiger partial charge in [0.1, 0.15) is 0 Å². The molecule has 0 aliphatic heterocycles. The summed E-state index contributed by atoms with van der Waals surface area (Å²) in [6.07, 6.45) is 15.0. The highest BCUT2D eigenvalue weighted by molar-refractivity contribution is 4.79. The van der Waals surface area contributed by atoms with Crippen molar-refractivity contribution in [1.29, 1.82) is 0 Å². The topological polar surface area (TPSA) is 18.5 Å². The second-order valence-corrected chi connectivity index (χ2v) is 5.38. The van der Waals surface area contributed by atoms with Gasteiger partial charge in [0.05, 0.1) is 0 Å². The Bertz CT molecular complexity index is 188. The Morgan fingerprint density at radius 3 is 1.95 bits per heavy atom. The van der Waals surface area contributed by atoms with Crippen LogP contribution in [0.5, 0.6) is 0 Å². The third-order valence-corrected chi connectivity index (χ3v) is 3.81. The number of ether oxygens (including phenoxy) is 2. The van der Waals surface area contributed by atoms with E-state index in [9.17, 15) is 0 Å². The van der Waals surface area contributed by atoms with Crippen LogP contribution in [-0.2, 0) is 9.47 Å². The maximum atomic E-state index is 5.22. The van der Waals surface area contributed by atoms with E-state index in [0.29, 0.717) is 5.92 Å². The van der Waals surface area contributed by atoms with Crippen LogP contribution in [0.2, 0.25) is 0 Å². The van der Waals surface area contributed by atoms with E-state index in [4.69, 9.17) is 9.47 Å². The molecule has 0 fully saturated rings. The van der Waals surface area contributed by atoms with Gasteiger partial charge >= 0.3 is 0 Å². The van der Waals surface area contributed by atoms with Gasteiger partial charge in [-0.25, -0.2) is 0 Å². The zero-order valence-corrected chi connectivity index (χ0v) is 13.3. The van der Waals surface area contributed by atoms with Crippen LogP contribution in [0, 0.1) is 5.92 Å². The van der Waals surface area contributed by atoms with Crippen molar-refractivity contribution < 1.29 is 9.47 Å². The Balaban J connectivity index is 3.51. The molecule has 0 saturated carbocycles. The fraction of sp³-hybridized carbons (Fsp3) is 0.882. The summed E-state index contributed by atoms with van der Waals surface area (Å²) in [4.78, 5) is 0. The van der Waals surface area contributed by atoms with Crippen LogP contribution in [0.1, 0.15) is 71.1 Å². The first-order valence-corrected chi connectivity index (χ1v) is 7.96. The van der Waals surface area contributed by atoms with Gasteiger partial charge < -0.3 is 9.47 Å². The molecular formula is C17H34O2. The predicted octanol–water partition coefficient (Wildman–Crippen LogP) is 5.33. The van der Waals surface area contributed by atoms with Crippen molar-refractivity contribution in [2.45, 2.75) is 77.4 Å². The van der Waals surface area contributed by atoms with Gasteiger partial charge in [-0.15, -0.1) is 6.58 Å². The monoisotopic (exact) mass is 270 g/mol. The Morgan fingerprint density at radius 1 is 0.842 bits per heavy atom. The number of hydrogen-bond acceptors (Lipinski definition) is 2. The molecule has 2 nitrogen and oxygen atoms in total. The van der Waals surface area contributed by atoms with E-state index in [1.807, 2.05) is 0 Å². The van der Waals surface area contributed by atoms with Crippen molar-refractivity contribution in [3.63, 3.8) is 0 Å². The van der Waals surface area contributed by atoms with Gasteiger partial charge in [0.25, 0.3) is 0 Å². The molecule has 1 unspecified atom stereocenters. The minimum atomic E-state index is -0.0588. The standard InChI is InChI=1S/C17H34O2/c1-5-7-8-9-10-11-12-13-16(6-2)14-15-17(18-3)19-4/h6,16-17H,2,5,7-15H2,1,3-4H3. The van der Waals surface area contributed by atoms with Crippen LogP contribution in [-0.4, -0.2) is 20.5 Å². The van der Waals surface area contributed by atoms with E-state index >= 15 is 0 Å². The molecule has 0 aromatic heterocycles. The number of allylic oxidation sites excluding steroid dienone is 1. The molecule has 0 N–H and O–H groups in total. The Hall–Kier alpha value is -0.340. The lowest BCUT2D eigenvalue weighted by Gasteiger charge is -2.17. The molecule has 0 spiro atoms. The third kappa shape index (κ3) is 11.2. The van der Waals surface area contributed by atoms with Crippen LogP contribution < -0.4 is 0 Å². The summed E-state index contributed by atoms with van der Waals surface area (Å²) in [6, 6.07) is 0. The fourth-order valence-electron chi connectivity index (χ4n) is 2.43. The molecule has 0 rings (SSSR count). The second kappa shape index (κ2) is 14.1. The molecule has 0 aromatic rings. The highest BCUT2D eigenvalue weighted by Crippen LogP contribution is 2.19. The molecule has 0 aromatic carbocycles. The van der Waals surface area contributed by atoms with Crippen molar-refractivity contribution in [2.75, 3.05) is 14.2 Å². The molecule has 114 valence electrons. The first-order valence-electron chi connectivity index (χ1n) is 7.96. The van der Waals surface area contributed by atoms with Crippen LogP contribution >= 0.6 is 0 Å². The third-order valence-electron chi connectivity index (χ3n) is 3.81. The molecule has 0 heterocycles. The quantitative estimate of drug-likeness (QED) is 0.241. The highest BCUT2D eigenvalue weighted by atomic mass is 16.7. The normalized spacial score (nSPS) is 12.8. The van der Waals surface area contributed by atoms with Gasteiger partial charge in [-0.2, -0.15) is 0 Å². The molecule has 0 saturated heterocycles. The molecule has 19 heavy (non-hydrogen) atoms. The lowest BCUT2D eigenvalue weighted by Crippen LogP contribution is -2.14. The van der Waals surface area contributed by atoms with E-state index in [-0.39, 0.29) is 6.29 Å². The maximum Gasteiger partial charge on any atom is 0.156 e. The fourth-order valence-corrected chi connectivity index (χ4v) is 2.43. The van der Waals surface area contributed by atoms with Gasteiger partial charge in [-0.05, 0) is 25.2 Å². The molecule has 0 aliphatic rings. The summed E-state index contributed by atoms with van der Waals surface area (Å²) in [5.41, 5.74) is 0. The summed E-state index contributed by atoms with van der Waals surface area (Å²) in [5.74, 6) is 0.614. The number of rotatable bonds is 14. The first-order chi connectivity index (χ1) is 9.28. The van der Waals surface area contributed by atoms with Crippen molar-refractivity contribution in [2.24, 2.45) is 5.92 Å². The van der Waals surface area contributed by atoms with Gasteiger partial charge in [-0.3, -0.25) is 0 Å². The van der Waals surface area contributed by atoms with Gasteiger partial charge in [-0.1, -0.05) is 57.9 Å². The zero-order valence-electron chi connectivity index (χ0n) is 13.3. The number of unbranched alkanes of at least 4 members (excludes halogenated alkanes) is 6. The average molecular weight is 270 g/mol. The Kier molecular flexibility index (Phi) is 13.8. The summed E-state index contributed by atoms with van der Waals surface area (Å²) in [7, 11) is 3.40. The van der Waals surface area contributed by atoms with Crippen molar-refractivity contribution in [3.8, 4) is 0 Å². The summed E-state index contributed by atoms with van der Waals surface area (Å²) >= 11 is 0. The van der Waals surface area contributed by atoms with Crippen molar-refractivity contribution in [3.05, 3.63) is 12.7 Å². The summed E-state index contributed by atoms with van der Waals surface area (Å²) < 4.78 is 10.4. The van der Waals surface area contributed by atoms with Gasteiger partial charge in [0, 0.05) is 14.2 Å². The zero-order chi connectivity index (χ0) is 14.3. The summed E-state index contributed by atoms with van der Waals surface area (Å²) in [6.45, 7) is 6.21. The minimum absolute atomic E-state index is 0.0588. The largest absolute Gasteiger partial charge is 0.356 e. The Labute approximate surface area is 120 Å². The lowest BCUT2D eigenvalue weighted by atomic mass is 9.95. The van der Waals surface area contributed by atoms with E-state index in [2.05, 4.69) is 19.6 Å². The van der Waals surface area contributed by atoms with Crippen molar-refractivity contribution >= 4 is 0 Å². The smallest absolute Gasteiger partial charge is 0.156 e. The molecule has 0 radical (unpaired) electrons. The van der Waals surface area contributed by atoms with E-state index in [0.717, 1.165) is 12.8 Å². The molecular weight excluding hydrogens is 236 g/mol.